The van der Waals surface area contributed by atoms with Crippen molar-refractivity contribution in [1.29, 1.82) is 0 Å². The average molecular weight is 423 g/mol. The van der Waals surface area contributed by atoms with Crippen molar-refractivity contribution >= 4 is 28.1 Å². The lowest BCUT2D eigenvalue weighted by Gasteiger charge is -2.19. The maximum absolute atomic E-state index is 12.8. The zero-order chi connectivity index (χ0) is 19.4. The summed E-state index contributed by atoms with van der Waals surface area (Å²) >= 11 is 0. The Balaban J connectivity index is 0.00000280. The summed E-state index contributed by atoms with van der Waals surface area (Å²) in [7, 11) is -0.241. The van der Waals surface area contributed by atoms with Crippen LogP contribution in [0.1, 0.15) is 12.7 Å². The Morgan fingerprint density at radius 3 is 2.36 bits per heavy atom. The number of para-hydroxylation sites is 1. The maximum atomic E-state index is 12.8. The molecule has 0 fully saturated rings. The van der Waals surface area contributed by atoms with E-state index in [9.17, 15) is 8.42 Å². The summed E-state index contributed by atoms with van der Waals surface area (Å²) in [5.41, 5.74) is 1.27. The minimum atomic E-state index is -3.65. The standard InChI is InChI=1S/C19H22N4O3S.ClH/c1-14(20-2)13-18-21-19(26-22-18)15-9-11-17(12-10-15)27(24,25)23(3)16-7-5-4-6-8-16;/h4-12,14,20H,13H2,1-3H3;1H. The summed E-state index contributed by atoms with van der Waals surface area (Å²) in [5, 5.41) is 7.08. The molecular weight excluding hydrogens is 400 g/mol. The molecule has 0 aliphatic rings. The molecule has 0 amide bonds. The fourth-order valence-corrected chi connectivity index (χ4v) is 3.73. The Kier molecular flexibility index (Phi) is 7.17. The second-order valence-electron chi connectivity index (χ2n) is 6.24. The van der Waals surface area contributed by atoms with Crippen LogP contribution in [0, 0.1) is 0 Å². The Labute approximate surface area is 171 Å². The fourth-order valence-electron chi connectivity index (χ4n) is 2.53. The van der Waals surface area contributed by atoms with Gasteiger partial charge in [-0.25, -0.2) is 8.42 Å². The van der Waals surface area contributed by atoms with Crippen LogP contribution in [0.3, 0.4) is 0 Å². The molecule has 1 aromatic heterocycles. The fraction of sp³-hybridized carbons (Fsp3) is 0.263. The van der Waals surface area contributed by atoms with Crippen molar-refractivity contribution in [2.75, 3.05) is 18.4 Å². The number of anilines is 1. The van der Waals surface area contributed by atoms with E-state index < -0.39 is 10.0 Å². The van der Waals surface area contributed by atoms with E-state index in [4.69, 9.17) is 4.52 Å². The third-order valence-corrected chi connectivity index (χ3v) is 6.13. The molecule has 3 aromatic rings. The topological polar surface area (TPSA) is 88.3 Å². The Bertz CT molecular complexity index is 992. The number of nitrogens with one attached hydrogen (secondary N) is 1. The van der Waals surface area contributed by atoms with Crippen molar-refractivity contribution < 1.29 is 12.9 Å². The van der Waals surface area contributed by atoms with E-state index in [1.54, 1.807) is 48.5 Å². The first-order chi connectivity index (χ1) is 12.9. The van der Waals surface area contributed by atoms with Gasteiger partial charge in [-0.15, -0.1) is 12.4 Å². The van der Waals surface area contributed by atoms with Gasteiger partial charge in [-0.3, -0.25) is 4.31 Å². The molecular formula is C19H23ClN4O3S. The van der Waals surface area contributed by atoms with Gasteiger partial charge in [0.05, 0.1) is 10.6 Å². The molecule has 1 atom stereocenters. The first-order valence-corrected chi connectivity index (χ1v) is 10.00. The maximum Gasteiger partial charge on any atom is 0.264 e. The van der Waals surface area contributed by atoms with Crippen LogP contribution in [0.4, 0.5) is 5.69 Å². The van der Waals surface area contributed by atoms with Crippen LogP contribution in [0.5, 0.6) is 0 Å². The first-order valence-electron chi connectivity index (χ1n) is 8.56. The smallest absolute Gasteiger partial charge is 0.264 e. The molecule has 0 aliphatic carbocycles. The van der Waals surface area contributed by atoms with Crippen molar-refractivity contribution in [3.8, 4) is 11.5 Å². The molecule has 7 nitrogen and oxygen atoms in total. The van der Waals surface area contributed by atoms with Crippen molar-refractivity contribution in [2.24, 2.45) is 0 Å². The molecule has 0 saturated heterocycles. The number of aromatic nitrogens is 2. The number of nitrogens with zero attached hydrogens (tertiary/aromatic N) is 3. The summed E-state index contributed by atoms with van der Waals surface area (Å²) in [6.07, 6.45) is 0.647. The van der Waals surface area contributed by atoms with Gasteiger partial charge in [0.15, 0.2) is 5.82 Å². The molecule has 28 heavy (non-hydrogen) atoms. The first kappa shape index (κ1) is 21.9. The second kappa shape index (κ2) is 9.18. The van der Waals surface area contributed by atoms with Gasteiger partial charge >= 0.3 is 0 Å². The van der Waals surface area contributed by atoms with Crippen molar-refractivity contribution in [3.63, 3.8) is 0 Å². The number of halogens is 1. The van der Waals surface area contributed by atoms with E-state index in [0.717, 1.165) is 0 Å². The third-order valence-electron chi connectivity index (χ3n) is 4.33. The highest BCUT2D eigenvalue weighted by Gasteiger charge is 2.21. The van der Waals surface area contributed by atoms with Crippen LogP contribution in [-0.2, 0) is 16.4 Å². The predicted molar refractivity (Wildman–Crippen MR) is 111 cm³/mol. The number of sulfonamides is 1. The highest BCUT2D eigenvalue weighted by Crippen LogP contribution is 2.24. The summed E-state index contributed by atoms with van der Waals surface area (Å²) < 4.78 is 32.2. The number of benzene rings is 2. The van der Waals surface area contributed by atoms with Gasteiger partial charge < -0.3 is 9.84 Å². The van der Waals surface area contributed by atoms with Gasteiger partial charge in [-0.1, -0.05) is 23.4 Å². The summed E-state index contributed by atoms with van der Waals surface area (Å²) in [6.45, 7) is 2.03. The molecule has 0 bridgehead atoms. The van der Waals surface area contributed by atoms with Gasteiger partial charge in [0.2, 0.25) is 0 Å². The van der Waals surface area contributed by atoms with Crippen LogP contribution in [0.15, 0.2) is 64.0 Å². The van der Waals surface area contributed by atoms with Crippen molar-refractivity contribution in [1.82, 2.24) is 15.5 Å². The Hall–Kier alpha value is -2.42. The molecule has 0 saturated carbocycles. The van der Waals surface area contributed by atoms with Crippen LogP contribution in [0.2, 0.25) is 0 Å². The zero-order valence-corrected chi connectivity index (χ0v) is 17.5. The lowest BCUT2D eigenvalue weighted by atomic mass is 10.2. The molecule has 9 heteroatoms. The quantitative estimate of drug-likeness (QED) is 0.629. The largest absolute Gasteiger partial charge is 0.334 e. The van der Waals surface area contributed by atoms with E-state index in [0.29, 0.717) is 29.4 Å². The number of likely N-dealkylation sites (N-methyl/N-ethyl adjacent to an activating group) is 1. The van der Waals surface area contributed by atoms with Crippen LogP contribution >= 0.6 is 12.4 Å². The van der Waals surface area contributed by atoms with Crippen molar-refractivity contribution in [3.05, 3.63) is 60.4 Å². The van der Waals surface area contributed by atoms with E-state index in [-0.39, 0.29) is 23.3 Å². The molecule has 3 rings (SSSR count). The molecule has 150 valence electrons. The van der Waals surface area contributed by atoms with Gasteiger partial charge in [0.25, 0.3) is 15.9 Å². The highest BCUT2D eigenvalue weighted by molar-refractivity contribution is 7.92. The van der Waals surface area contributed by atoms with Crippen LogP contribution in [0.25, 0.3) is 11.5 Å². The summed E-state index contributed by atoms with van der Waals surface area (Å²) in [6, 6.07) is 15.6. The second-order valence-corrected chi connectivity index (χ2v) is 8.21. The minimum Gasteiger partial charge on any atom is -0.334 e. The highest BCUT2D eigenvalue weighted by atomic mass is 35.5. The molecule has 2 aromatic carbocycles. The van der Waals surface area contributed by atoms with Gasteiger partial charge in [0.1, 0.15) is 0 Å². The van der Waals surface area contributed by atoms with Crippen LogP contribution in [-0.4, -0.2) is 38.7 Å². The lowest BCUT2D eigenvalue weighted by molar-refractivity contribution is 0.418. The van der Waals surface area contributed by atoms with Crippen LogP contribution < -0.4 is 9.62 Å². The Morgan fingerprint density at radius 2 is 1.75 bits per heavy atom. The molecule has 1 heterocycles. The monoisotopic (exact) mass is 422 g/mol. The molecule has 0 spiro atoms. The number of rotatable bonds is 7. The van der Waals surface area contributed by atoms with Gasteiger partial charge in [0, 0.05) is 25.1 Å². The zero-order valence-electron chi connectivity index (χ0n) is 15.9. The van der Waals surface area contributed by atoms with E-state index in [2.05, 4.69) is 15.5 Å². The van der Waals surface area contributed by atoms with Crippen molar-refractivity contribution in [2.45, 2.75) is 24.3 Å². The SMILES string of the molecule is CNC(C)Cc1noc(-c2ccc(S(=O)(=O)N(C)c3ccccc3)cc2)n1.Cl. The normalized spacial score (nSPS) is 12.2. The Morgan fingerprint density at radius 1 is 1.11 bits per heavy atom. The summed E-state index contributed by atoms with van der Waals surface area (Å²) in [4.78, 5) is 4.56. The van der Waals surface area contributed by atoms with Gasteiger partial charge in [-0.2, -0.15) is 4.98 Å². The lowest BCUT2D eigenvalue weighted by Crippen LogP contribution is -2.26. The summed E-state index contributed by atoms with van der Waals surface area (Å²) in [5.74, 6) is 0.973. The van der Waals surface area contributed by atoms with E-state index >= 15 is 0 Å². The van der Waals surface area contributed by atoms with E-state index in [1.807, 2.05) is 20.0 Å². The molecule has 0 aliphatic heterocycles. The minimum absolute atomic E-state index is 0. The van der Waals surface area contributed by atoms with E-state index in [1.165, 1.54) is 11.4 Å². The average Bonchev–Trinajstić information content (AvgIpc) is 3.16. The molecule has 1 unspecified atom stereocenters. The molecule has 1 N–H and O–H groups in total. The predicted octanol–water partition coefficient (Wildman–Crippen LogP) is 3.13. The number of hydrogen-bond acceptors (Lipinski definition) is 6. The third kappa shape index (κ3) is 4.70. The molecule has 0 radical (unpaired) electrons. The number of hydrogen-bond donors (Lipinski definition) is 1. The van der Waals surface area contributed by atoms with Gasteiger partial charge in [-0.05, 0) is 50.4 Å².